The van der Waals surface area contributed by atoms with Gasteiger partial charge >= 0.3 is 0 Å². The second kappa shape index (κ2) is 8.72. The first-order chi connectivity index (χ1) is 13.5. The standard InChI is InChI=1S/C21H25N5O2/c1-24(2)20-9-6-17(15-23-20)21(27)26-12-10-25(11-13-26)19(14-22)16-4-7-18(28-3)8-5-16/h4-9,15,19H,10-13H2,1-3H3. The van der Waals surface area contributed by atoms with Gasteiger partial charge in [0.15, 0.2) is 0 Å². The third kappa shape index (κ3) is 4.24. The first kappa shape index (κ1) is 19.6. The van der Waals surface area contributed by atoms with Crippen LogP contribution in [-0.4, -0.2) is 68.1 Å². The molecule has 1 amide bonds. The zero-order chi connectivity index (χ0) is 20.1. The molecule has 0 spiro atoms. The van der Waals surface area contributed by atoms with Gasteiger partial charge in [0.1, 0.15) is 17.6 Å². The number of carbonyl (C=O) groups excluding carboxylic acids is 1. The van der Waals surface area contributed by atoms with Crippen molar-refractivity contribution in [3.8, 4) is 11.8 Å². The monoisotopic (exact) mass is 379 g/mol. The smallest absolute Gasteiger partial charge is 0.255 e. The van der Waals surface area contributed by atoms with Crippen molar-refractivity contribution in [1.29, 1.82) is 5.26 Å². The lowest BCUT2D eigenvalue weighted by atomic mass is 10.1. The van der Waals surface area contributed by atoms with E-state index in [1.807, 2.05) is 60.3 Å². The van der Waals surface area contributed by atoms with E-state index in [1.165, 1.54) is 0 Å². The normalized spacial score (nSPS) is 15.6. The molecule has 1 aromatic heterocycles. The van der Waals surface area contributed by atoms with E-state index in [2.05, 4.69) is 16.0 Å². The molecule has 1 atom stereocenters. The third-order valence-electron chi connectivity index (χ3n) is 4.97. The highest BCUT2D eigenvalue weighted by Gasteiger charge is 2.27. The largest absolute Gasteiger partial charge is 0.497 e. The minimum absolute atomic E-state index is 0.0181. The summed E-state index contributed by atoms with van der Waals surface area (Å²) in [4.78, 5) is 22.9. The van der Waals surface area contributed by atoms with E-state index in [1.54, 1.807) is 13.3 Å². The maximum absolute atomic E-state index is 12.7. The van der Waals surface area contributed by atoms with Crippen molar-refractivity contribution in [2.75, 3.05) is 52.3 Å². The molecule has 7 nitrogen and oxygen atoms in total. The average Bonchev–Trinajstić information content (AvgIpc) is 2.75. The van der Waals surface area contributed by atoms with Gasteiger partial charge in [0.2, 0.25) is 0 Å². The van der Waals surface area contributed by atoms with Crippen molar-refractivity contribution in [2.45, 2.75) is 6.04 Å². The predicted molar refractivity (Wildman–Crippen MR) is 107 cm³/mol. The fourth-order valence-corrected chi connectivity index (χ4v) is 3.30. The molecule has 1 aromatic carbocycles. The van der Waals surface area contributed by atoms with Crippen LogP contribution in [0, 0.1) is 11.3 Å². The summed E-state index contributed by atoms with van der Waals surface area (Å²) in [6.07, 6.45) is 1.62. The van der Waals surface area contributed by atoms with Crippen LogP contribution >= 0.6 is 0 Å². The summed E-state index contributed by atoms with van der Waals surface area (Å²) in [5.74, 6) is 1.57. The Hall–Kier alpha value is -3.11. The zero-order valence-electron chi connectivity index (χ0n) is 16.5. The lowest BCUT2D eigenvalue weighted by molar-refractivity contribution is 0.0606. The summed E-state index contributed by atoms with van der Waals surface area (Å²) in [7, 11) is 5.45. The Kier molecular flexibility index (Phi) is 6.12. The number of nitrogens with zero attached hydrogens (tertiary/aromatic N) is 5. The Morgan fingerprint density at radius 3 is 2.32 bits per heavy atom. The number of methoxy groups -OCH3 is 1. The summed E-state index contributed by atoms with van der Waals surface area (Å²) in [5.41, 5.74) is 1.53. The number of amides is 1. The van der Waals surface area contributed by atoms with Crippen LogP contribution in [0.2, 0.25) is 0 Å². The molecular formula is C21H25N5O2. The van der Waals surface area contributed by atoms with Gasteiger partial charge in [-0.15, -0.1) is 0 Å². The molecule has 2 aromatic rings. The van der Waals surface area contributed by atoms with E-state index in [4.69, 9.17) is 4.74 Å². The lowest BCUT2D eigenvalue weighted by Gasteiger charge is -2.37. The first-order valence-electron chi connectivity index (χ1n) is 9.23. The van der Waals surface area contributed by atoms with Crippen LogP contribution in [0.5, 0.6) is 5.75 Å². The van der Waals surface area contributed by atoms with Crippen LogP contribution in [0.25, 0.3) is 0 Å². The maximum atomic E-state index is 12.7. The topological polar surface area (TPSA) is 72.7 Å². The molecule has 0 aliphatic carbocycles. The highest BCUT2D eigenvalue weighted by atomic mass is 16.5. The minimum Gasteiger partial charge on any atom is -0.497 e. The predicted octanol–water partition coefficient (Wildman–Crippen LogP) is 2.18. The van der Waals surface area contributed by atoms with E-state index in [0.717, 1.165) is 17.1 Å². The van der Waals surface area contributed by atoms with Gasteiger partial charge in [-0.1, -0.05) is 12.1 Å². The summed E-state index contributed by atoms with van der Waals surface area (Å²) < 4.78 is 5.18. The molecule has 1 fully saturated rings. The third-order valence-corrected chi connectivity index (χ3v) is 4.97. The summed E-state index contributed by atoms with van der Waals surface area (Å²) in [5, 5.41) is 9.67. The number of ether oxygens (including phenoxy) is 1. The summed E-state index contributed by atoms with van der Waals surface area (Å²) >= 11 is 0. The van der Waals surface area contributed by atoms with Gasteiger partial charge in [-0.05, 0) is 29.8 Å². The van der Waals surface area contributed by atoms with Crippen molar-refractivity contribution >= 4 is 11.7 Å². The van der Waals surface area contributed by atoms with E-state index in [9.17, 15) is 10.1 Å². The van der Waals surface area contributed by atoms with Crippen molar-refractivity contribution in [1.82, 2.24) is 14.8 Å². The molecule has 0 radical (unpaired) electrons. The SMILES string of the molecule is COc1ccc(C(C#N)N2CCN(C(=O)c3ccc(N(C)C)nc3)CC2)cc1. The number of aromatic nitrogens is 1. The van der Waals surface area contributed by atoms with Gasteiger partial charge in [0.05, 0.1) is 18.7 Å². The Morgan fingerprint density at radius 2 is 1.82 bits per heavy atom. The van der Waals surface area contributed by atoms with E-state index in [0.29, 0.717) is 31.7 Å². The molecule has 7 heteroatoms. The second-order valence-electron chi connectivity index (χ2n) is 6.93. The average molecular weight is 379 g/mol. The van der Waals surface area contributed by atoms with Crippen LogP contribution < -0.4 is 9.64 Å². The molecule has 0 bridgehead atoms. The molecule has 1 aliphatic heterocycles. The van der Waals surface area contributed by atoms with Crippen LogP contribution in [0.4, 0.5) is 5.82 Å². The highest BCUT2D eigenvalue weighted by molar-refractivity contribution is 5.94. The maximum Gasteiger partial charge on any atom is 0.255 e. The van der Waals surface area contributed by atoms with Crippen molar-refractivity contribution in [3.05, 3.63) is 53.7 Å². The lowest BCUT2D eigenvalue weighted by Crippen LogP contribution is -2.49. The number of rotatable bonds is 5. The Morgan fingerprint density at radius 1 is 1.14 bits per heavy atom. The zero-order valence-corrected chi connectivity index (χ0v) is 16.5. The van der Waals surface area contributed by atoms with Crippen LogP contribution in [0.3, 0.4) is 0 Å². The van der Waals surface area contributed by atoms with Gasteiger partial charge in [-0.3, -0.25) is 9.69 Å². The van der Waals surface area contributed by atoms with E-state index < -0.39 is 0 Å². The van der Waals surface area contributed by atoms with Gasteiger partial charge in [-0.2, -0.15) is 5.26 Å². The fourth-order valence-electron chi connectivity index (χ4n) is 3.30. The summed E-state index contributed by atoms with van der Waals surface area (Å²) in [6.45, 7) is 2.48. The molecule has 2 heterocycles. The van der Waals surface area contributed by atoms with E-state index in [-0.39, 0.29) is 11.9 Å². The highest BCUT2D eigenvalue weighted by Crippen LogP contribution is 2.24. The molecule has 3 rings (SSSR count). The Labute approximate surface area is 165 Å². The van der Waals surface area contributed by atoms with Gasteiger partial charge in [-0.25, -0.2) is 4.98 Å². The fraction of sp³-hybridized carbons (Fsp3) is 0.381. The molecule has 1 unspecified atom stereocenters. The number of hydrogen-bond donors (Lipinski definition) is 0. The Balaban J connectivity index is 1.62. The molecule has 1 saturated heterocycles. The molecule has 1 aliphatic rings. The number of anilines is 1. The van der Waals surface area contributed by atoms with Gasteiger partial charge < -0.3 is 14.5 Å². The van der Waals surface area contributed by atoms with Crippen LogP contribution in [-0.2, 0) is 0 Å². The van der Waals surface area contributed by atoms with Crippen LogP contribution in [0.1, 0.15) is 22.0 Å². The van der Waals surface area contributed by atoms with Gasteiger partial charge in [0, 0.05) is 46.5 Å². The number of carbonyl (C=O) groups is 1. The summed E-state index contributed by atoms with van der Waals surface area (Å²) in [6, 6.07) is 13.3. The quantitative estimate of drug-likeness (QED) is 0.793. The van der Waals surface area contributed by atoms with Crippen molar-refractivity contribution < 1.29 is 9.53 Å². The molecule has 0 saturated carbocycles. The molecular weight excluding hydrogens is 354 g/mol. The number of nitriles is 1. The Bertz CT molecular complexity index is 835. The van der Waals surface area contributed by atoms with Crippen molar-refractivity contribution in [3.63, 3.8) is 0 Å². The minimum atomic E-state index is -0.329. The number of pyridine rings is 1. The number of benzene rings is 1. The second-order valence-corrected chi connectivity index (χ2v) is 6.93. The molecule has 0 N–H and O–H groups in total. The number of hydrogen-bond acceptors (Lipinski definition) is 6. The van der Waals surface area contributed by atoms with Crippen molar-refractivity contribution in [2.24, 2.45) is 0 Å². The molecule has 146 valence electrons. The first-order valence-corrected chi connectivity index (χ1v) is 9.23. The van der Waals surface area contributed by atoms with E-state index >= 15 is 0 Å². The van der Waals surface area contributed by atoms with Gasteiger partial charge in [0.25, 0.3) is 5.91 Å². The number of piperazine rings is 1. The van der Waals surface area contributed by atoms with Crippen LogP contribution in [0.15, 0.2) is 42.6 Å². The molecule has 28 heavy (non-hydrogen) atoms.